The van der Waals surface area contributed by atoms with Crippen LogP contribution in [-0.2, 0) is 16.6 Å². The van der Waals surface area contributed by atoms with Crippen molar-refractivity contribution in [2.75, 3.05) is 26.7 Å². The maximum Gasteiger partial charge on any atom is 0.247 e. The normalized spacial score (nSPS) is 21.9. The number of halogens is 1. The average molecular weight is 477 g/mol. The number of ether oxygens (including phenoxy) is 1. The molecule has 1 N–H and O–H groups in total. The molecular weight excluding hydrogens is 443 g/mol. The Morgan fingerprint density at radius 1 is 1.30 bits per heavy atom. The highest BCUT2D eigenvalue weighted by Crippen LogP contribution is 2.34. The third-order valence-electron chi connectivity index (χ3n) is 5.94. The molecule has 3 rings (SSSR count). The van der Waals surface area contributed by atoms with Gasteiger partial charge in [-0.3, -0.25) is 4.90 Å². The molecule has 0 amide bonds. The second-order valence-electron chi connectivity index (χ2n) is 8.73. The summed E-state index contributed by atoms with van der Waals surface area (Å²) in [7, 11) is -1.97. The molecule has 1 aliphatic rings. The molecule has 1 aliphatic heterocycles. The van der Waals surface area contributed by atoms with Gasteiger partial charge in [0.1, 0.15) is 22.6 Å². The van der Waals surface area contributed by atoms with Crippen molar-refractivity contribution < 1.29 is 22.7 Å². The van der Waals surface area contributed by atoms with Gasteiger partial charge in [0.05, 0.1) is 6.61 Å². The SMILES string of the molecule is CC=Cc1ccc2c(c1)O[C@H](CN(C)Cc1ccccc1F)[C@H](C)CN([C@@H](C)CO)S2(=O)=O. The molecule has 180 valence electrons. The van der Waals surface area contributed by atoms with Gasteiger partial charge in [-0.2, -0.15) is 4.31 Å². The first kappa shape index (κ1) is 25.4. The summed E-state index contributed by atoms with van der Waals surface area (Å²) in [6.07, 6.45) is 3.42. The van der Waals surface area contributed by atoms with Gasteiger partial charge in [-0.1, -0.05) is 43.3 Å². The summed E-state index contributed by atoms with van der Waals surface area (Å²) < 4.78 is 48.8. The molecular formula is C25H33FN2O4S. The van der Waals surface area contributed by atoms with Crippen molar-refractivity contribution in [3.63, 3.8) is 0 Å². The summed E-state index contributed by atoms with van der Waals surface area (Å²) in [5.41, 5.74) is 1.42. The quantitative estimate of drug-likeness (QED) is 0.659. The highest BCUT2D eigenvalue weighted by molar-refractivity contribution is 7.89. The smallest absolute Gasteiger partial charge is 0.247 e. The molecule has 0 aliphatic carbocycles. The van der Waals surface area contributed by atoms with Gasteiger partial charge in [-0.05, 0) is 44.7 Å². The zero-order valence-electron chi connectivity index (χ0n) is 19.6. The number of hydrogen-bond acceptors (Lipinski definition) is 5. The number of aliphatic hydroxyl groups is 1. The third kappa shape index (κ3) is 5.81. The fourth-order valence-electron chi connectivity index (χ4n) is 4.05. The van der Waals surface area contributed by atoms with Crippen LogP contribution in [-0.4, -0.2) is 61.6 Å². The van der Waals surface area contributed by atoms with Gasteiger partial charge in [0.25, 0.3) is 0 Å². The van der Waals surface area contributed by atoms with Gasteiger partial charge in [-0.25, -0.2) is 12.8 Å². The zero-order valence-corrected chi connectivity index (χ0v) is 20.4. The number of likely N-dealkylation sites (N-methyl/N-ethyl adjacent to an activating group) is 1. The van der Waals surface area contributed by atoms with Gasteiger partial charge in [0.15, 0.2) is 0 Å². The molecule has 0 aromatic heterocycles. The summed E-state index contributed by atoms with van der Waals surface area (Å²) in [5, 5.41) is 9.74. The van der Waals surface area contributed by atoms with Gasteiger partial charge in [0.2, 0.25) is 10.0 Å². The van der Waals surface area contributed by atoms with Crippen LogP contribution in [0.5, 0.6) is 5.75 Å². The maximum absolute atomic E-state index is 14.1. The molecule has 0 radical (unpaired) electrons. The van der Waals surface area contributed by atoms with Gasteiger partial charge in [-0.15, -0.1) is 0 Å². The van der Waals surface area contributed by atoms with E-state index >= 15 is 0 Å². The number of hydrogen-bond donors (Lipinski definition) is 1. The van der Waals surface area contributed by atoms with E-state index in [0.29, 0.717) is 18.7 Å². The Balaban J connectivity index is 1.97. The van der Waals surface area contributed by atoms with E-state index in [1.807, 2.05) is 37.9 Å². The number of allylic oxidation sites excluding steroid dienone is 1. The number of fused-ring (bicyclic) bond motifs is 1. The van der Waals surface area contributed by atoms with Crippen molar-refractivity contribution in [3.8, 4) is 5.75 Å². The summed E-state index contributed by atoms with van der Waals surface area (Å²) in [6.45, 7) is 6.33. The van der Waals surface area contributed by atoms with Crippen LogP contribution in [0, 0.1) is 11.7 Å². The molecule has 6 nitrogen and oxygen atoms in total. The molecule has 0 spiro atoms. The van der Waals surface area contributed by atoms with Gasteiger partial charge >= 0.3 is 0 Å². The standard InChI is InChI=1S/C25H33FN2O4S/c1-5-8-20-11-12-25-23(13-20)32-24(16-27(4)15-21-9-6-7-10-22(21)26)18(2)14-28(19(3)17-29)33(25,30)31/h5-13,18-19,24,29H,14-17H2,1-4H3/t18-,19+,24-/m1/s1. The van der Waals surface area contributed by atoms with Gasteiger partial charge in [0, 0.05) is 37.2 Å². The highest BCUT2D eigenvalue weighted by atomic mass is 32.2. The summed E-state index contributed by atoms with van der Waals surface area (Å²) in [5.74, 6) is -0.140. The van der Waals surface area contributed by atoms with Crippen molar-refractivity contribution in [1.82, 2.24) is 9.21 Å². The van der Waals surface area contributed by atoms with Crippen molar-refractivity contribution in [1.29, 1.82) is 0 Å². The van der Waals surface area contributed by atoms with Crippen LogP contribution in [0.3, 0.4) is 0 Å². The Morgan fingerprint density at radius 3 is 2.70 bits per heavy atom. The summed E-state index contributed by atoms with van der Waals surface area (Å²) in [6, 6.07) is 11.1. The van der Waals surface area contributed by atoms with Crippen LogP contribution < -0.4 is 4.74 Å². The molecule has 8 heteroatoms. The van der Waals surface area contributed by atoms with Crippen molar-refractivity contribution in [2.45, 2.75) is 44.4 Å². The fraction of sp³-hybridized carbons (Fsp3) is 0.440. The lowest BCUT2D eigenvalue weighted by molar-refractivity contribution is 0.0731. The largest absolute Gasteiger partial charge is 0.487 e. The minimum Gasteiger partial charge on any atom is -0.487 e. The Labute approximate surface area is 196 Å². The number of benzene rings is 2. The van der Waals surface area contributed by atoms with E-state index in [1.165, 1.54) is 10.4 Å². The summed E-state index contributed by atoms with van der Waals surface area (Å²) >= 11 is 0. The molecule has 0 fully saturated rings. The predicted molar refractivity (Wildman–Crippen MR) is 128 cm³/mol. The Kier molecular flexibility index (Phi) is 8.28. The molecule has 0 unspecified atom stereocenters. The topological polar surface area (TPSA) is 70.1 Å². The van der Waals surface area contributed by atoms with Crippen LogP contribution in [0.4, 0.5) is 4.39 Å². The molecule has 1 heterocycles. The summed E-state index contributed by atoms with van der Waals surface area (Å²) in [4.78, 5) is 2.06. The lowest BCUT2D eigenvalue weighted by Crippen LogP contribution is -2.49. The zero-order chi connectivity index (χ0) is 24.2. The minimum atomic E-state index is -3.86. The first-order valence-electron chi connectivity index (χ1n) is 11.2. The van der Waals surface area contributed by atoms with E-state index in [0.717, 1.165) is 5.56 Å². The number of nitrogens with zero attached hydrogens (tertiary/aromatic N) is 2. The monoisotopic (exact) mass is 476 g/mol. The molecule has 2 aromatic rings. The number of rotatable bonds is 7. The molecule has 3 atom stereocenters. The van der Waals surface area contributed by atoms with E-state index in [-0.39, 0.29) is 41.6 Å². The molecule has 0 saturated carbocycles. The van der Waals surface area contributed by atoms with Crippen molar-refractivity contribution in [3.05, 3.63) is 65.5 Å². The van der Waals surface area contributed by atoms with E-state index in [2.05, 4.69) is 0 Å². The highest BCUT2D eigenvalue weighted by Gasteiger charge is 2.38. The molecule has 2 aromatic carbocycles. The van der Waals surface area contributed by atoms with E-state index in [9.17, 15) is 17.9 Å². The fourth-order valence-corrected chi connectivity index (χ4v) is 5.87. The van der Waals surface area contributed by atoms with Crippen molar-refractivity contribution >= 4 is 16.1 Å². The predicted octanol–water partition coefficient (Wildman–Crippen LogP) is 3.76. The molecule has 33 heavy (non-hydrogen) atoms. The van der Waals surface area contributed by atoms with Gasteiger partial charge < -0.3 is 9.84 Å². The lowest BCUT2D eigenvalue weighted by atomic mass is 10.0. The number of sulfonamides is 1. The second-order valence-corrected chi connectivity index (χ2v) is 10.6. The van der Waals surface area contributed by atoms with Crippen LogP contribution >= 0.6 is 0 Å². The average Bonchev–Trinajstić information content (AvgIpc) is 2.77. The Hall–Kier alpha value is -2.26. The van der Waals surface area contributed by atoms with Crippen LogP contribution in [0.1, 0.15) is 31.9 Å². The Morgan fingerprint density at radius 2 is 2.03 bits per heavy atom. The Bertz CT molecular complexity index is 1090. The first-order chi connectivity index (χ1) is 15.7. The van der Waals surface area contributed by atoms with E-state index < -0.39 is 16.1 Å². The third-order valence-corrected chi connectivity index (χ3v) is 7.96. The van der Waals surface area contributed by atoms with Crippen LogP contribution in [0.2, 0.25) is 0 Å². The molecule has 0 saturated heterocycles. The van der Waals surface area contributed by atoms with E-state index in [1.54, 1.807) is 43.3 Å². The minimum absolute atomic E-state index is 0.0877. The number of aliphatic hydroxyl groups excluding tert-OH is 1. The van der Waals surface area contributed by atoms with Crippen LogP contribution in [0.25, 0.3) is 6.08 Å². The molecule has 0 bridgehead atoms. The first-order valence-corrected chi connectivity index (χ1v) is 12.6. The maximum atomic E-state index is 14.1. The second kappa shape index (κ2) is 10.8. The van der Waals surface area contributed by atoms with Crippen LogP contribution in [0.15, 0.2) is 53.4 Å². The lowest BCUT2D eigenvalue weighted by Gasteiger charge is -2.37. The van der Waals surface area contributed by atoms with Crippen molar-refractivity contribution in [2.24, 2.45) is 5.92 Å². The van der Waals surface area contributed by atoms with E-state index in [4.69, 9.17) is 4.74 Å².